The molecule has 1 amide bonds. The minimum Gasteiger partial charge on any atom is -0.396 e. The number of nitrogen functional groups attached to an aromatic ring is 1. The summed E-state index contributed by atoms with van der Waals surface area (Å²) in [5.74, 6) is -1.11. The molecule has 3 N–H and O–H groups in total. The van der Waals surface area contributed by atoms with E-state index in [1.54, 1.807) is 18.2 Å². The number of nitrogens with one attached hydrogen (secondary N) is 1. The number of halogens is 3. The largest absolute Gasteiger partial charge is 0.396 e. The highest BCUT2D eigenvalue weighted by Crippen LogP contribution is 2.27. The van der Waals surface area contributed by atoms with Crippen LogP contribution in [0.5, 0.6) is 0 Å². The molecule has 0 aliphatic carbocycles. The number of carbonyl (C=O) groups excluding carboxylic acids is 1. The third-order valence-corrected chi connectivity index (χ3v) is 3.37. The van der Waals surface area contributed by atoms with Crippen LogP contribution in [-0.2, 0) is 0 Å². The topological polar surface area (TPSA) is 55.1 Å². The number of carbonyl (C=O) groups is 1. The van der Waals surface area contributed by atoms with Crippen LogP contribution in [0.15, 0.2) is 40.9 Å². The van der Waals surface area contributed by atoms with Crippen molar-refractivity contribution in [3.8, 4) is 0 Å². The molecule has 0 spiro atoms. The predicted molar refractivity (Wildman–Crippen MR) is 77.9 cm³/mol. The highest BCUT2D eigenvalue weighted by atomic mass is 79.9. The molecule has 0 aliphatic rings. The van der Waals surface area contributed by atoms with Gasteiger partial charge in [-0.25, -0.2) is 4.39 Å². The molecule has 3 nitrogen and oxygen atoms in total. The van der Waals surface area contributed by atoms with Gasteiger partial charge in [0.05, 0.1) is 16.9 Å². The molecule has 0 heterocycles. The zero-order valence-electron chi connectivity index (χ0n) is 9.58. The molecule has 0 bridgehead atoms. The number of anilines is 2. The van der Waals surface area contributed by atoms with Crippen LogP contribution >= 0.6 is 27.5 Å². The fraction of sp³-hybridized carbons (Fsp3) is 0. The normalized spacial score (nSPS) is 10.3. The van der Waals surface area contributed by atoms with E-state index < -0.39 is 11.7 Å². The standard InChI is InChI=1S/C13H9BrClFN2O/c14-9-6-7(15)4-5-11(9)18-13(19)8-2-1-3-10(16)12(8)17/h1-6H,17H2,(H,18,19). The summed E-state index contributed by atoms with van der Waals surface area (Å²) in [5.41, 5.74) is 5.97. The Morgan fingerprint density at radius 2 is 2.05 bits per heavy atom. The fourth-order valence-electron chi connectivity index (χ4n) is 1.52. The molecule has 0 unspecified atom stereocenters. The second-order valence-electron chi connectivity index (χ2n) is 3.78. The van der Waals surface area contributed by atoms with Crippen LogP contribution in [0, 0.1) is 5.82 Å². The zero-order chi connectivity index (χ0) is 14.0. The number of rotatable bonds is 2. The lowest BCUT2D eigenvalue weighted by molar-refractivity contribution is 0.102. The fourth-order valence-corrected chi connectivity index (χ4v) is 2.30. The molecule has 2 rings (SSSR count). The number of nitrogens with two attached hydrogens (primary N) is 1. The van der Waals surface area contributed by atoms with E-state index in [0.717, 1.165) is 0 Å². The lowest BCUT2D eigenvalue weighted by Crippen LogP contribution is -2.15. The van der Waals surface area contributed by atoms with E-state index in [2.05, 4.69) is 21.2 Å². The molecular formula is C13H9BrClFN2O. The first-order chi connectivity index (χ1) is 8.99. The van der Waals surface area contributed by atoms with Crippen LogP contribution in [0.1, 0.15) is 10.4 Å². The molecule has 0 fully saturated rings. The zero-order valence-corrected chi connectivity index (χ0v) is 11.9. The summed E-state index contributed by atoms with van der Waals surface area (Å²) in [4.78, 5) is 12.0. The van der Waals surface area contributed by atoms with Crippen molar-refractivity contribution in [2.24, 2.45) is 0 Å². The molecule has 2 aromatic rings. The third kappa shape index (κ3) is 3.05. The first kappa shape index (κ1) is 13.8. The van der Waals surface area contributed by atoms with Crippen molar-refractivity contribution in [1.29, 1.82) is 0 Å². The van der Waals surface area contributed by atoms with Gasteiger partial charge >= 0.3 is 0 Å². The molecule has 19 heavy (non-hydrogen) atoms. The molecule has 0 aromatic heterocycles. The second-order valence-corrected chi connectivity index (χ2v) is 5.07. The Hall–Kier alpha value is -1.59. The summed E-state index contributed by atoms with van der Waals surface area (Å²) in [7, 11) is 0. The van der Waals surface area contributed by atoms with Crippen molar-refractivity contribution < 1.29 is 9.18 Å². The molecule has 0 saturated carbocycles. The van der Waals surface area contributed by atoms with Crippen molar-refractivity contribution in [1.82, 2.24) is 0 Å². The Labute approximate surface area is 122 Å². The van der Waals surface area contributed by atoms with E-state index in [0.29, 0.717) is 15.2 Å². The van der Waals surface area contributed by atoms with Gasteiger partial charge in [-0.1, -0.05) is 17.7 Å². The SMILES string of the molecule is Nc1c(F)cccc1C(=O)Nc1ccc(Cl)cc1Br. The first-order valence-electron chi connectivity index (χ1n) is 5.29. The van der Waals surface area contributed by atoms with Crippen LogP contribution in [-0.4, -0.2) is 5.91 Å². The molecule has 0 radical (unpaired) electrons. The maximum Gasteiger partial charge on any atom is 0.257 e. The van der Waals surface area contributed by atoms with Gasteiger partial charge in [-0.05, 0) is 46.3 Å². The minimum atomic E-state index is -0.622. The van der Waals surface area contributed by atoms with Gasteiger partial charge in [0.25, 0.3) is 5.91 Å². The summed E-state index contributed by atoms with van der Waals surface area (Å²) < 4.78 is 13.9. The first-order valence-corrected chi connectivity index (χ1v) is 6.46. The van der Waals surface area contributed by atoms with Crippen LogP contribution in [0.3, 0.4) is 0 Å². The smallest absolute Gasteiger partial charge is 0.257 e. The van der Waals surface area contributed by atoms with Gasteiger partial charge in [0.1, 0.15) is 5.82 Å². The summed E-state index contributed by atoms with van der Waals surface area (Å²) in [5, 5.41) is 3.17. The average Bonchev–Trinajstić information content (AvgIpc) is 2.36. The van der Waals surface area contributed by atoms with Crippen LogP contribution in [0.4, 0.5) is 15.8 Å². The molecule has 6 heteroatoms. The number of amides is 1. The van der Waals surface area contributed by atoms with E-state index >= 15 is 0 Å². The predicted octanol–water partition coefficient (Wildman–Crippen LogP) is 4.08. The monoisotopic (exact) mass is 342 g/mol. The van der Waals surface area contributed by atoms with Gasteiger partial charge in [0, 0.05) is 9.50 Å². The molecule has 98 valence electrons. The van der Waals surface area contributed by atoms with Crippen LogP contribution in [0.2, 0.25) is 5.02 Å². The number of hydrogen-bond acceptors (Lipinski definition) is 2. The lowest BCUT2D eigenvalue weighted by Gasteiger charge is -2.09. The van der Waals surface area contributed by atoms with Crippen LogP contribution < -0.4 is 11.1 Å². The van der Waals surface area contributed by atoms with Crippen LogP contribution in [0.25, 0.3) is 0 Å². The lowest BCUT2D eigenvalue weighted by atomic mass is 10.1. The van der Waals surface area contributed by atoms with Crippen molar-refractivity contribution in [3.05, 3.63) is 57.3 Å². The van der Waals surface area contributed by atoms with Gasteiger partial charge in [-0.2, -0.15) is 0 Å². The maximum atomic E-state index is 13.3. The molecular weight excluding hydrogens is 335 g/mol. The van der Waals surface area contributed by atoms with E-state index in [4.69, 9.17) is 17.3 Å². The minimum absolute atomic E-state index is 0.0850. The number of hydrogen-bond donors (Lipinski definition) is 2. The quantitative estimate of drug-likeness (QED) is 0.807. The molecule has 0 atom stereocenters. The number of para-hydroxylation sites is 1. The van der Waals surface area contributed by atoms with Crippen molar-refractivity contribution >= 4 is 44.8 Å². The Morgan fingerprint density at radius 3 is 2.74 bits per heavy atom. The van der Waals surface area contributed by atoms with Crippen molar-refractivity contribution in [3.63, 3.8) is 0 Å². The Bertz CT molecular complexity index is 649. The van der Waals surface area contributed by atoms with Crippen molar-refractivity contribution in [2.75, 3.05) is 11.1 Å². The molecule has 0 aliphatic heterocycles. The highest BCUT2D eigenvalue weighted by Gasteiger charge is 2.13. The van der Waals surface area contributed by atoms with Crippen molar-refractivity contribution in [2.45, 2.75) is 0 Å². The van der Waals surface area contributed by atoms with E-state index in [-0.39, 0.29) is 11.3 Å². The van der Waals surface area contributed by atoms with E-state index in [9.17, 15) is 9.18 Å². The Morgan fingerprint density at radius 1 is 1.32 bits per heavy atom. The number of benzene rings is 2. The third-order valence-electron chi connectivity index (χ3n) is 2.48. The summed E-state index contributed by atoms with van der Waals surface area (Å²) >= 11 is 9.08. The van der Waals surface area contributed by atoms with Gasteiger partial charge in [0.15, 0.2) is 0 Å². The molecule has 0 saturated heterocycles. The van der Waals surface area contributed by atoms with Gasteiger partial charge in [0.2, 0.25) is 0 Å². The maximum absolute atomic E-state index is 13.3. The molecule has 2 aromatic carbocycles. The summed E-state index contributed by atoms with van der Waals surface area (Å²) in [6.45, 7) is 0. The highest BCUT2D eigenvalue weighted by molar-refractivity contribution is 9.10. The van der Waals surface area contributed by atoms with E-state index in [1.165, 1.54) is 18.2 Å². The Kier molecular flexibility index (Phi) is 4.07. The van der Waals surface area contributed by atoms with Gasteiger partial charge in [-0.15, -0.1) is 0 Å². The van der Waals surface area contributed by atoms with Gasteiger partial charge < -0.3 is 11.1 Å². The summed E-state index contributed by atoms with van der Waals surface area (Å²) in [6.07, 6.45) is 0. The second kappa shape index (κ2) is 5.59. The average molecular weight is 344 g/mol. The van der Waals surface area contributed by atoms with E-state index in [1.807, 2.05) is 0 Å². The Balaban J connectivity index is 2.28. The van der Waals surface area contributed by atoms with Gasteiger partial charge in [-0.3, -0.25) is 4.79 Å². The summed E-state index contributed by atoms with van der Waals surface area (Å²) in [6, 6.07) is 9.00.